The van der Waals surface area contributed by atoms with Crippen molar-refractivity contribution < 1.29 is 29.3 Å². The van der Waals surface area contributed by atoms with Crippen molar-refractivity contribution in [1.82, 2.24) is 20.9 Å². The first-order valence-electron chi connectivity index (χ1n) is 11.6. The number of methoxy groups -OCH3 is 1. The first-order valence-corrected chi connectivity index (χ1v) is 11.6. The Hall–Kier alpha value is -3.11. The molecule has 6 N–H and O–H groups in total. The Morgan fingerprint density at radius 1 is 1.26 bits per heavy atom. The SMILES string of the molecule is COc1cccc2[nH]c(C(=O)NC(CC(C)C)C(=O)NC(CC3CCNC3=O)C(O)CO)cc12. The average molecular weight is 475 g/mol. The fourth-order valence-corrected chi connectivity index (χ4v) is 4.27. The molecule has 1 aromatic heterocycles. The van der Waals surface area contributed by atoms with Crippen LogP contribution in [0.3, 0.4) is 0 Å². The topological polar surface area (TPSA) is 153 Å². The van der Waals surface area contributed by atoms with E-state index < -0.39 is 36.6 Å². The number of nitrogens with one attached hydrogen (secondary N) is 4. The number of amides is 3. The fraction of sp³-hybridized carbons (Fsp3) is 0.542. The monoisotopic (exact) mass is 474 g/mol. The third-order valence-corrected chi connectivity index (χ3v) is 6.10. The number of carbonyl (C=O) groups is 3. The van der Waals surface area contributed by atoms with Crippen LogP contribution in [0.1, 0.15) is 43.6 Å². The van der Waals surface area contributed by atoms with E-state index in [2.05, 4.69) is 20.9 Å². The molecule has 0 saturated carbocycles. The molecule has 2 heterocycles. The summed E-state index contributed by atoms with van der Waals surface area (Å²) in [6.07, 6.45) is -0.0654. The van der Waals surface area contributed by atoms with E-state index >= 15 is 0 Å². The van der Waals surface area contributed by atoms with Crippen LogP contribution in [0.2, 0.25) is 0 Å². The largest absolute Gasteiger partial charge is 0.496 e. The second kappa shape index (κ2) is 11.3. The second-order valence-electron chi connectivity index (χ2n) is 9.14. The predicted octanol–water partition coefficient (Wildman–Crippen LogP) is 0.685. The zero-order valence-corrected chi connectivity index (χ0v) is 19.8. The molecular formula is C24H34N4O6. The Morgan fingerprint density at radius 3 is 2.65 bits per heavy atom. The molecule has 4 unspecified atom stereocenters. The molecule has 10 heteroatoms. The summed E-state index contributed by atoms with van der Waals surface area (Å²) in [5.74, 6) is -0.696. The van der Waals surface area contributed by atoms with Gasteiger partial charge < -0.3 is 35.9 Å². The average Bonchev–Trinajstić information content (AvgIpc) is 3.43. The molecule has 4 atom stereocenters. The van der Waals surface area contributed by atoms with Crippen LogP contribution in [0.15, 0.2) is 24.3 Å². The molecule has 10 nitrogen and oxygen atoms in total. The van der Waals surface area contributed by atoms with Crippen LogP contribution >= 0.6 is 0 Å². The lowest BCUT2D eigenvalue weighted by molar-refractivity contribution is -0.127. The lowest BCUT2D eigenvalue weighted by atomic mass is 9.94. The highest BCUT2D eigenvalue weighted by molar-refractivity contribution is 6.01. The molecule has 0 bridgehead atoms. The van der Waals surface area contributed by atoms with Crippen molar-refractivity contribution in [1.29, 1.82) is 0 Å². The van der Waals surface area contributed by atoms with Crippen LogP contribution in [0.5, 0.6) is 5.75 Å². The number of carbonyl (C=O) groups excluding carboxylic acids is 3. The van der Waals surface area contributed by atoms with Gasteiger partial charge in [-0.3, -0.25) is 14.4 Å². The molecule has 1 saturated heterocycles. The van der Waals surface area contributed by atoms with Gasteiger partial charge in [-0.2, -0.15) is 0 Å². The number of hydrogen-bond acceptors (Lipinski definition) is 6. The fourth-order valence-electron chi connectivity index (χ4n) is 4.27. The summed E-state index contributed by atoms with van der Waals surface area (Å²) in [6.45, 7) is 3.85. The second-order valence-corrected chi connectivity index (χ2v) is 9.14. The molecule has 2 aromatic rings. The molecule has 0 radical (unpaired) electrons. The Bertz CT molecular complexity index is 1020. The van der Waals surface area contributed by atoms with Crippen molar-refractivity contribution in [3.05, 3.63) is 30.0 Å². The molecule has 3 amide bonds. The third-order valence-electron chi connectivity index (χ3n) is 6.10. The van der Waals surface area contributed by atoms with E-state index in [0.717, 1.165) is 10.9 Å². The van der Waals surface area contributed by atoms with Crippen LogP contribution in [0, 0.1) is 11.8 Å². The summed E-state index contributed by atoms with van der Waals surface area (Å²) in [7, 11) is 1.55. The standard InChI is InChI=1S/C24H34N4O6/c1-13(2)9-18(23(32)27-17(20(30)12-29)10-14-7-8-25-22(14)31)28-24(33)19-11-15-16(26-19)5-4-6-21(15)34-3/h4-6,11,13-14,17-18,20,26,29-30H,7-10,12H2,1-3H3,(H,25,31)(H,27,32)(H,28,33). The molecule has 1 aliphatic rings. The molecule has 1 fully saturated rings. The van der Waals surface area contributed by atoms with Gasteiger partial charge >= 0.3 is 0 Å². The first-order chi connectivity index (χ1) is 16.2. The van der Waals surface area contributed by atoms with E-state index in [0.29, 0.717) is 25.1 Å². The summed E-state index contributed by atoms with van der Waals surface area (Å²) in [5.41, 5.74) is 1.02. The van der Waals surface area contributed by atoms with Gasteiger partial charge in [0.1, 0.15) is 17.5 Å². The Balaban J connectivity index is 1.75. The third kappa shape index (κ3) is 6.06. The number of fused-ring (bicyclic) bond motifs is 1. The van der Waals surface area contributed by atoms with Crippen molar-refractivity contribution in [2.45, 2.75) is 51.3 Å². The number of rotatable bonds is 11. The van der Waals surface area contributed by atoms with Crippen molar-refractivity contribution in [2.24, 2.45) is 11.8 Å². The predicted molar refractivity (Wildman–Crippen MR) is 126 cm³/mol. The minimum Gasteiger partial charge on any atom is -0.496 e. The summed E-state index contributed by atoms with van der Waals surface area (Å²) in [5, 5.41) is 28.7. The van der Waals surface area contributed by atoms with Gasteiger partial charge in [-0.05, 0) is 43.4 Å². The van der Waals surface area contributed by atoms with Gasteiger partial charge in [0, 0.05) is 23.4 Å². The summed E-state index contributed by atoms with van der Waals surface area (Å²) in [6, 6.07) is 5.41. The number of aliphatic hydroxyl groups is 2. The molecule has 1 aliphatic heterocycles. The Morgan fingerprint density at radius 2 is 2.03 bits per heavy atom. The maximum absolute atomic E-state index is 13.2. The molecule has 186 valence electrons. The van der Waals surface area contributed by atoms with Crippen molar-refractivity contribution in [3.63, 3.8) is 0 Å². The van der Waals surface area contributed by atoms with Gasteiger partial charge in [0.2, 0.25) is 11.8 Å². The maximum Gasteiger partial charge on any atom is 0.268 e. The van der Waals surface area contributed by atoms with E-state index in [1.807, 2.05) is 26.0 Å². The lowest BCUT2D eigenvalue weighted by Gasteiger charge is -2.28. The Labute approximate surface area is 198 Å². The minimum absolute atomic E-state index is 0.0979. The number of H-pyrrole nitrogens is 1. The highest BCUT2D eigenvalue weighted by Gasteiger charge is 2.33. The van der Waals surface area contributed by atoms with Crippen LogP contribution in [0.25, 0.3) is 10.9 Å². The Kier molecular flexibility index (Phi) is 8.51. The number of benzene rings is 1. The molecule has 1 aromatic carbocycles. The molecule has 0 aliphatic carbocycles. The first kappa shape index (κ1) is 25.5. The molecule has 0 spiro atoms. The van der Waals surface area contributed by atoms with Gasteiger partial charge in [-0.1, -0.05) is 19.9 Å². The smallest absolute Gasteiger partial charge is 0.268 e. The zero-order valence-electron chi connectivity index (χ0n) is 19.8. The lowest BCUT2D eigenvalue weighted by Crippen LogP contribution is -2.54. The van der Waals surface area contributed by atoms with Crippen LogP contribution in [-0.4, -0.2) is 71.4 Å². The van der Waals surface area contributed by atoms with E-state index in [1.54, 1.807) is 19.2 Å². The molecular weight excluding hydrogens is 440 g/mol. The van der Waals surface area contributed by atoms with E-state index in [9.17, 15) is 24.6 Å². The van der Waals surface area contributed by atoms with Crippen molar-refractivity contribution >= 4 is 28.6 Å². The zero-order chi connectivity index (χ0) is 24.8. The maximum atomic E-state index is 13.2. The van der Waals surface area contributed by atoms with Crippen LogP contribution < -0.4 is 20.7 Å². The van der Waals surface area contributed by atoms with Gasteiger partial charge in [0.25, 0.3) is 5.91 Å². The summed E-state index contributed by atoms with van der Waals surface area (Å²) in [4.78, 5) is 41.2. The van der Waals surface area contributed by atoms with Crippen molar-refractivity contribution in [3.8, 4) is 5.75 Å². The molecule has 3 rings (SSSR count). The number of aliphatic hydroxyl groups excluding tert-OH is 2. The van der Waals surface area contributed by atoms with Crippen molar-refractivity contribution in [2.75, 3.05) is 20.3 Å². The van der Waals surface area contributed by atoms with Crippen LogP contribution in [-0.2, 0) is 9.59 Å². The van der Waals surface area contributed by atoms with Gasteiger partial charge in [0.05, 0.1) is 25.9 Å². The van der Waals surface area contributed by atoms with Gasteiger partial charge in [-0.25, -0.2) is 0 Å². The van der Waals surface area contributed by atoms with Crippen LogP contribution in [0.4, 0.5) is 0 Å². The summed E-state index contributed by atoms with van der Waals surface area (Å²) >= 11 is 0. The number of ether oxygens (including phenoxy) is 1. The quantitative estimate of drug-likeness (QED) is 0.282. The van der Waals surface area contributed by atoms with E-state index in [-0.39, 0.29) is 29.9 Å². The van der Waals surface area contributed by atoms with E-state index in [4.69, 9.17) is 4.74 Å². The van der Waals surface area contributed by atoms with Gasteiger partial charge in [0.15, 0.2) is 0 Å². The van der Waals surface area contributed by atoms with E-state index in [1.165, 1.54) is 0 Å². The number of aromatic amines is 1. The van der Waals surface area contributed by atoms with Gasteiger partial charge in [-0.15, -0.1) is 0 Å². The number of hydrogen-bond donors (Lipinski definition) is 6. The highest BCUT2D eigenvalue weighted by Crippen LogP contribution is 2.26. The molecule has 34 heavy (non-hydrogen) atoms. The normalized spacial score (nSPS) is 18.4. The number of aromatic nitrogens is 1. The minimum atomic E-state index is -1.23. The summed E-state index contributed by atoms with van der Waals surface area (Å²) < 4.78 is 5.34. The highest BCUT2D eigenvalue weighted by atomic mass is 16.5.